The number of carbonyl (C=O) groups is 2. The van der Waals surface area contributed by atoms with E-state index in [0.717, 1.165) is 19.3 Å². The molecule has 0 aromatic rings. The summed E-state index contributed by atoms with van der Waals surface area (Å²) in [6, 6.07) is -0.102. The zero-order chi connectivity index (χ0) is 15.6. The van der Waals surface area contributed by atoms with Crippen LogP contribution in [0.2, 0.25) is 0 Å². The molecule has 4 atom stereocenters. The number of rotatable bonds is 4. The van der Waals surface area contributed by atoms with E-state index in [-0.39, 0.29) is 23.9 Å². The van der Waals surface area contributed by atoms with Crippen molar-refractivity contribution in [3.05, 3.63) is 12.2 Å². The van der Waals surface area contributed by atoms with Crippen molar-refractivity contribution in [2.24, 2.45) is 11.8 Å². The molecular formula is C16H26N2O3. The van der Waals surface area contributed by atoms with Crippen molar-refractivity contribution >= 4 is 12.0 Å². The number of carbonyl (C=O) groups excluding carboxylic acids is 2. The Kier molecular flexibility index (Phi) is 4.91. The van der Waals surface area contributed by atoms with E-state index in [4.69, 9.17) is 0 Å². The number of alkyl carbamates (subject to hydrolysis) is 1. The molecule has 1 saturated heterocycles. The first-order chi connectivity index (χ1) is 9.99. The summed E-state index contributed by atoms with van der Waals surface area (Å²) in [5, 5.41) is 2.69. The number of ether oxygens (including phenoxy) is 1. The summed E-state index contributed by atoms with van der Waals surface area (Å²) < 4.78 is 4.65. The molecule has 0 aromatic carbocycles. The molecule has 1 N–H and O–H groups in total. The molecule has 5 heteroatoms. The third-order valence-corrected chi connectivity index (χ3v) is 4.65. The van der Waals surface area contributed by atoms with Gasteiger partial charge in [0.25, 0.3) is 0 Å². The summed E-state index contributed by atoms with van der Waals surface area (Å²) in [6.07, 6.45) is 6.97. The third kappa shape index (κ3) is 3.06. The molecule has 118 valence electrons. The van der Waals surface area contributed by atoms with E-state index in [0.29, 0.717) is 5.92 Å². The Bertz CT molecular complexity index is 433. The van der Waals surface area contributed by atoms with Crippen molar-refractivity contribution < 1.29 is 14.3 Å². The Morgan fingerprint density at radius 1 is 1.33 bits per heavy atom. The highest BCUT2D eigenvalue weighted by molar-refractivity contribution is 5.87. The molecule has 2 unspecified atom stereocenters. The predicted molar refractivity (Wildman–Crippen MR) is 80.7 cm³/mol. The van der Waals surface area contributed by atoms with Crippen LogP contribution in [0.1, 0.15) is 40.0 Å². The van der Waals surface area contributed by atoms with Crippen molar-refractivity contribution in [2.75, 3.05) is 7.11 Å². The molecule has 0 spiro atoms. The second-order valence-corrected chi connectivity index (χ2v) is 6.27. The molecule has 0 radical (unpaired) electrons. The Hall–Kier alpha value is -1.52. The highest BCUT2D eigenvalue weighted by atomic mass is 16.5. The van der Waals surface area contributed by atoms with Crippen LogP contribution < -0.4 is 5.32 Å². The van der Waals surface area contributed by atoms with Crippen LogP contribution in [-0.2, 0) is 9.53 Å². The lowest BCUT2D eigenvalue weighted by Gasteiger charge is -2.49. The van der Waals surface area contributed by atoms with Crippen LogP contribution in [-0.4, -0.2) is 42.1 Å². The van der Waals surface area contributed by atoms with Crippen LogP contribution in [0.4, 0.5) is 4.79 Å². The van der Waals surface area contributed by atoms with E-state index in [1.807, 2.05) is 18.7 Å². The first-order valence-corrected chi connectivity index (χ1v) is 7.84. The number of methoxy groups -OCH3 is 1. The summed E-state index contributed by atoms with van der Waals surface area (Å²) in [5.74, 6) is 0.495. The van der Waals surface area contributed by atoms with Crippen molar-refractivity contribution in [1.29, 1.82) is 0 Å². The number of hydrogen-bond acceptors (Lipinski definition) is 3. The summed E-state index contributed by atoms with van der Waals surface area (Å²) in [4.78, 5) is 26.5. The molecule has 1 aliphatic carbocycles. The molecular weight excluding hydrogens is 268 g/mol. The standard InChI is InChI=1S/C16H26N2O3/c1-5-13-11-6-8-12(9-7-11)18(13)15(19)14(10(2)3)17-16(20)21-4/h6,8,10-14H,5,7,9H2,1-4H3,(H,17,20)/t11?,12?,13-,14+/m1/s1. The molecule has 2 bridgehead atoms. The van der Waals surface area contributed by atoms with E-state index in [1.165, 1.54) is 7.11 Å². The van der Waals surface area contributed by atoms with Crippen molar-refractivity contribution in [3.8, 4) is 0 Å². The maximum atomic E-state index is 13.0. The lowest BCUT2D eigenvalue weighted by molar-refractivity contribution is -0.142. The van der Waals surface area contributed by atoms with Gasteiger partial charge in [0.05, 0.1) is 13.2 Å². The molecule has 2 aliphatic heterocycles. The van der Waals surface area contributed by atoms with Crippen molar-refractivity contribution in [3.63, 3.8) is 0 Å². The topological polar surface area (TPSA) is 58.6 Å². The maximum Gasteiger partial charge on any atom is 0.407 e. The molecule has 1 fully saturated rings. The first-order valence-electron chi connectivity index (χ1n) is 7.84. The highest BCUT2D eigenvalue weighted by Gasteiger charge is 2.43. The Labute approximate surface area is 126 Å². The number of nitrogens with one attached hydrogen (secondary N) is 1. The zero-order valence-corrected chi connectivity index (χ0v) is 13.3. The number of amides is 2. The fourth-order valence-electron chi connectivity index (χ4n) is 3.52. The Morgan fingerprint density at radius 2 is 2.05 bits per heavy atom. The number of piperidine rings is 1. The van der Waals surface area contributed by atoms with Gasteiger partial charge in [0.15, 0.2) is 0 Å². The zero-order valence-electron chi connectivity index (χ0n) is 13.3. The van der Waals surface area contributed by atoms with Crippen LogP contribution in [0, 0.1) is 11.8 Å². The maximum absolute atomic E-state index is 13.0. The van der Waals surface area contributed by atoms with Gasteiger partial charge in [-0.1, -0.05) is 32.9 Å². The average molecular weight is 294 g/mol. The van der Waals surface area contributed by atoms with Gasteiger partial charge in [-0.15, -0.1) is 0 Å². The molecule has 2 amide bonds. The van der Waals surface area contributed by atoms with Gasteiger partial charge in [-0.2, -0.15) is 0 Å². The Morgan fingerprint density at radius 3 is 2.52 bits per heavy atom. The monoisotopic (exact) mass is 294 g/mol. The fraction of sp³-hybridized carbons (Fsp3) is 0.750. The molecule has 0 saturated carbocycles. The van der Waals surface area contributed by atoms with Crippen molar-refractivity contribution in [1.82, 2.24) is 10.2 Å². The van der Waals surface area contributed by atoms with Gasteiger partial charge in [0, 0.05) is 6.04 Å². The van der Waals surface area contributed by atoms with Gasteiger partial charge in [0.1, 0.15) is 6.04 Å². The van der Waals surface area contributed by atoms with Crippen LogP contribution in [0.5, 0.6) is 0 Å². The molecule has 5 nitrogen and oxygen atoms in total. The van der Waals surface area contributed by atoms with Gasteiger partial charge in [0.2, 0.25) is 5.91 Å². The average Bonchev–Trinajstić information content (AvgIpc) is 2.51. The number of fused-ring (bicyclic) bond motifs is 2. The van der Waals surface area contributed by atoms with Gasteiger partial charge in [-0.05, 0) is 31.1 Å². The summed E-state index contributed by atoms with van der Waals surface area (Å²) in [5.41, 5.74) is 0. The van der Waals surface area contributed by atoms with Crippen LogP contribution in [0.25, 0.3) is 0 Å². The summed E-state index contributed by atoms with van der Waals surface area (Å²) >= 11 is 0. The SMILES string of the molecule is CC[C@@H]1C2C=CC(CC2)N1C(=O)[C@@H](NC(=O)OC)C(C)C. The van der Waals surface area contributed by atoms with Crippen LogP contribution >= 0.6 is 0 Å². The van der Waals surface area contributed by atoms with Gasteiger partial charge in [-0.3, -0.25) is 4.79 Å². The molecule has 0 aromatic heterocycles. The minimum atomic E-state index is -0.548. The predicted octanol–water partition coefficient (Wildman–Crippen LogP) is 2.32. The second kappa shape index (κ2) is 6.50. The lowest BCUT2D eigenvalue weighted by Crippen LogP contribution is -2.61. The smallest absolute Gasteiger partial charge is 0.407 e. The number of nitrogens with zero attached hydrogens (tertiary/aromatic N) is 1. The highest BCUT2D eigenvalue weighted by Crippen LogP contribution is 2.37. The van der Waals surface area contributed by atoms with E-state index < -0.39 is 12.1 Å². The largest absolute Gasteiger partial charge is 0.453 e. The minimum absolute atomic E-state index is 0.0151. The molecule has 3 aliphatic rings. The normalized spacial score (nSPS) is 28.6. The summed E-state index contributed by atoms with van der Waals surface area (Å²) in [7, 11) is 1.32. The van der Waals surface area contributed by atoms with Gasteiger partial charge >= 0.3 is 6.09 Å². The Balaban J connectivity index is 2.19. The van der Waals surface area contributed by atoms with Crippen LogP contribution in [0.15, 0.2) is 12.2 Å². The van der Waals surface area contributed by atoms with Gasteiger partial charge < -0.3 is 15.0 Å². The van der Waals surface area contributed by atoms with E-state index in [1.54, 1.807) is 0 Å². The first kappa shape index (κ1) is 15.9. The minimum Gasteiger partial charge on any atom is -0.453 e. The molecule has 2 heterocycles. The van der Waals surface area contributed by atoms with Crippen LogP contribution in [0.3, 0.4) is 0 Å². The summed E-state index contributed by atoms with van der Waals surface area (Å²) in [6.45, 7) is 6.01. The lowest BCUT2D eigenvalue weighted by atomic mass is 9.78. The fourth-order valence-corrected chi connectivity index (χ4v) is 3.52. The van der Waals surface area contributed by atoms with E-state index in [9.17, 15) is 9.59 Å². The second-order valence-electron chi connectivity index (χ2n) is 6.27. The van der Waals surface area contributed by atoms with Crippen molar-refractivity contribution in [2.45, 2.75) is 58.2 Å². The van der Waals surface area contributed by atoms with E-state index >= 15 is 0 Å². The quantitative estimate of drug-likeness (QED) is 0.810. The third-order valence-electron chi connectivity index (χ3n) is 4.65. The number of hydrogen-bond donors (Lipinski definition) is 1. The molecule has 3 rings (SSSR count). The van der Waals surface area contributed by atoms with Gasteiger partial charge in [-0.25, -0.2) is 4.79 Å². The molecule has 21 heavy (non-hydrogen) atoms. The van der Waals surface area contributed by atoms with E-state index in [2.05, 4.69) is 29.1 Å².